The van der Waals surface area contributed by atoms with Crippen LogP contribution in [-0.2, 0) is 6.54 Å². The predicted octanol–water partition coefficient (Wildman–Crippen LogP) is 3.15. The van der Waals surface area contributed by atoms with Crippen molar-refractivity contribution < 1.29 is 4.79 Å². The van der Waals surface area contributed by atoms with E-state index in [1.165, 1.54) is 0 Å². The van der Waals surface area contributed by atoms with Crippen LogP contribution in [0.1, 0.15) is 35.2 Å². The summed E-state index contributed by atoms with van der Waals surface area (Å²) in [7, 11) is 4.08. The van der Waals surface area contributed by atoms with Crippen molar-refractivity contribution in [1.29, 1.82) is 0 Å². The second kappa shape index (κ2) is 8.71. The SMILES string of the molecule is CN(C)CC1(NC(=O)c2cc(-c3cccnc3)nc3c2cnn3Cc2cccnc2)CCC1. The first-order valence-electron chi connectivity index (χ1n) is 11.2. The maximum Gasteiger partial charge on any atom is 0.252 e. The second-order valence-electron chi connectivity index (χ2n) is 9.02. The van der Waals surface area contributed by atoms with E-state index < -0.39 is 0 Å². The number of aromatic nitrogens is 5. The van der Waals surface area contributed by atoms with E-state index in [1.54, 1.807) is 24.8 Å². The lowest BCUT2D eigenvalue weighted by Crippen LogP contribution is -2.58. The fraction of sp³-hybridized carbons (Fsp3) is 0.320. The lowest BCUT2D eigenvalue weighted by atomic mass is 9.76. The molecule has 5 rings (SSSR count). The van der Waals surface area contributed by atoms with Crippen molar-refractivity contribution in [2.45, 2.75) is 31.3 Å². The summed E-state index contributed by atoms with van der Waals surface area (Å²) in [5, 5.41) is 8.65. The Morgan fingerprint density at radius 3 is 2.55 bits per heavy atom. The number of fused-ring (bicyclic) bond motifs is 1. The van der Waals surface area contributed by atoms with Gasteiger partial charge in [0.1, 0.15) is 0 Å². The zero-order valence-corrected chi connectivity index (χ0v) is 18.9. The van der Waals surface area contributed by atoms with Crippen LogP contribution in [0.3, 0.4) is 0 Å². The second-order valence-corrected chi connectivity index (χ2v) is 9.02. The van der Waals surface area contributed by atoms with Gasteiger partial charge in [-0.25, -0.2) is 9.67 Å². The highest BCUT2D eigenvalue weighted by Gasteiger charge is 2.39. The lowest BCUT2D eigenvalue weighted by Gasteiger charge is -2.44. The van der Waals surface area contributed by atoms with Crippen LogP contribution in [0.5, 0.6) is 0 Å². The van der Waals surface area contributed by atoms with Gasteiger partial charge in [-0.1, -0.05) is 6.07 Å². The first-order valence-corrected chi connectivity index (χ1v) is 11.2. The summed E-state index contributed by atoms with van der Waals surface area (Å²) in [5.41, 5.74) is 3.64. The van der Waals surface area contributed by atoms with Gasteiger partial charge in [-0.05, 0) is 63.2 Å². The molecule has 0 unspecified atom stereocenters. The molecular weight excluding hydrogens is 414 g/mol. The van der Waals surface area contributed by atoms with Gasteiger partial charge >= 0.3 is 0 Å². The van der Waals surface area contributed by atoms with E-state index in [4.69, 9.17) is 4.98 Å². The van der Waals surface area contributed by atoms with Gasteiger partial charge in [0.2, 0.25) is 0 Å². The van der Waals surface area contributed by atoms with E-state index in [0.717, 1.165) is 42.3 Å². The summed E-state index contributed by atoms with van der Waals surface area (Å²) >= 11 is 0. The predicted molar refractivity (Wildman–Crippen MR) is 127 cm³/mol. The number of amides is 1. The Labute approximate surface area is 192 Å². The summed E-state index contributed by atoms with van der Waals surface area (Å²) in [4.78, 5) is 29.0. The molecule has 0 spiro atoms. The molecule has 33 heavy (non-hydrogen) atoms. The number of nitrogens with zero attached hydrogens (tertiary/aromatic N) is 6. The quantitative estimate of drug-likeness (QED) is 0.474. The molecule has 8 nitrogen and oxygen atoms in total. The third-order valence-corrected chi connectivity index (χ3v) is 6.17. The maximum absolute atomic E-state index is 13.6. The van der Waals surface area contributed by atoms with Crippen molar-refractivity contribution >= 4 is 16.9 Å². The smallest absolute Gasteiger partial charge is 0.252 e. The third-order valence-electron chi connectivity index (χ3n) is 6.17. The highest BCUT2D eigenvalue weighted by Crippen LogP contribution is 2.33. The Kier molecular flexibility index (Phi) is 5.60. The highest BCUT2D eigenvalue weighted by molar-refractivity contribution is 6.06. The molecule has 0 radical (unpaired) electrons. The van der Waals surface area contributed by atoms with E-state index in [1.807, 2.05) is 55.3 Å². The molecule has 1 amide bonds. The van der Waals surface area contributed by atoms with Gasteiger partial charge in [0.25, 0.3) is 5.91 Å². The minimum Gasteiger partial charge on any atom is -0.345 e. The molecular formula is C25H27N7O. The van der Waals surface area contributed by atoms with Crippen LogP contribution in [0, 0.1) is 0 Å². The monoisotopic (exact) mass is 441 g/mol. The molecule has 1 N–H and O–H groups in total. The lowest BCUT2D eigenvalue weighted by molar-refractivity contribution is 0.0774. The van der Waals surface area contributed by atoms with Crippen LogP contribution >= 0.6 is 0 Å². The van der Waals surface area contributed by atoms with Crippen LogP contribution in [0.2, 0.25) is 0 Å². The van der Waals surface area contributed by atoms with E-state index in [9.17, 15) is 4.79 Å². The van der Waals surface area contributed by atoms with Crippen molar-refractivity contribution in [3.63, 3.8) is 0 Å². The van der Waals surface area contributed by atoms with Crippen LogP contribution in [0.25, 0.3) is 22.3 Å². The van der Waals surface area contributed by atoms with E-state index in [2.05, 4.69) is 25.3 Å². The van der Waals surface area contributed by atoms with Crippen LogP contribution < -0.4 is 5.32 Å². The summed E-state index contributed by atoms with van der Waals surface area (Å²) in [6, 6.07) is 9.57. The van der Waals surface area contributed by atoms with Crippen LogP contribution in [-0.4, -0.2) is 61.7 Å². The maximum atomic E-state index is 13.6. The number of pyridine rings is 3. The number of rotatable bonds is 7. The number of likely N-dealkylation sites (N-methyl/N-ethyl adjacent to an activating group) is 1. The number of hydrogen-bond donors (Lipinski definition) is 1. The van der Waals surface area contributed by atoms with Crippen molar-refractivity contribution in [2.75, 3.05) is 20.6 Å². The van der Waals surface area contributed by atoms with Gasteiger partial charge in [-0.3, -0.25) is 14.8 Å². The highest BCUT2D eigenvalue weighted by atomic mass is 16.1. The number of nitrogens with one attached hydrogen (secondary N) is 1. The number of carbonyl (C=O) groups excluding carboxylic acids is 1. The molecule has 0 bridgehead atoms. The zero-order valence-electron chi connectivity index (χ0n) is 18.9. The molecule has 4 heterocycles. The minimum atomic E-state index is -0.184. The van der Waals surface area contributed by atoms with Gasteiger partial charge in [-0.15, -0.1) is 0 Å². The van der Waals surface area contributed by atoms with Gasteiger partial charge in [0, 0.05) is 36.9 Å². The van der Waals surface area contributed by atoms with Crippen molar-refractivity contribution in [1.82, 2.24) is 34.9 Å². The third kappa shape index (κ3) is 4.34. The molecule has 4 aromatic heterocycles. The largest absolute Gasteiger partial charge is 0.345 e. The van der Waals surface area contributed by atoms with Crippen LogP contribution in [0.15, 0.2) is 61.3 Å². The van der Waals surface area contributed by atoms with Crippen molar-refractivity contribution in [3.8, 4) is 11.3 Å². The Bertz CT molecular complexity index is 1260. The summed E-state index contributed by atoms with van der Waals surface area (Å²) < 4.78 is 1.82. The average Bonchev–Trinajstić information content (AvgIpc) is 3.20. The number of hydrogen-bond acceptors (Lipinski definition) is 6. The molecule has 168 valence electrons. The van der Waals surface area contributed by atoms with Gasteiger partial charge in [-0.2, -0.15) is 5.10 Å². The molecule has 1 aliphatic carbocycles. The molecule has 0 aliphatic heterocycles. The molecule has 1 aliphatic rings. The zero-order chi connectivity index (χ0) is 22.8. The van der Waals surface area contributed by atoms with E-state index in [-0.39, 0.29) is 11.4 Å². The molecule has 0 saturated heterocycles. The molecule has 4 aromatic rings. The minimum absolute atomic E-state index is 0.0879. The first kappa shape index (κ1) is 21.2. The Balaban J connectivity index is 1.57. The fourth-order valence-corrected chi connectivity index (χ4v) is 4.52. The fourth-order valence-electron chi connectivity index (χ4n) is 4.52. The van der Waals surface area contributed by atoms with Crippen molar-refractivity contribution in [2.24, 2.45) is 0 Å². The summed E-state index contributed by atoms with van der Waals surface area (Å²) in [5.74, 6) is -0.0879. The first-order chi connectivity index (χ1) is 16.0. The van der Waals surface area contributed by atoms with E-state index in [0.29, 0.717) is 23.4 Å². The molecule has 1 fully saturated rings. The molecule has 1 saturated carbocycles. The van der Waals surface area contributed by atoms with Gasteiger partial charge in [0.15, 0.2) is 5.65 Å². The molecule has 0 atom stereocenters. The van der Waals surface area contributed by atoms with Gasteiger partial charge < -0.3 is 10.2 Å². The van der Waals surface area contributed by atoms with Gasteiger partial charge in [0.05, 0.1) is 34.9 Å². The van der Waals surface area contributed by atoms with Crippen LogP contribution in [0.4, 0.5) is 0 Å². The summed E-state index contributed by atoms with van der Waals surface area (Å²) in [6.45, 7) is 1.34. The normalized spacial score (nSPS) is 14.9. The average molecular weight is 442 g/mol. The Morgan fingerprint density at radius 1 is 1.12 bits per heavy atom. The topological polar surface area (TPSA) is 88.8 Å². The Morgan fingerprint density at radius 2 is 1.91 bits per heavy atom. The molecule has 0 aromatic carbocycles. The number of carbonyl (C=O) groups is 1. The van der Waals surface area contributed by atoms with Crippen molar-refractivity contribution in [3.05, 3.63) is 72.4 Å². The standard InChI is InChI=1S/C25H27N7O/c1-31(2)17-25(8-5-9-25)30-24(33)20-12-22(19-7-4-11-27-14-19)29-23-21(20)15-28-32(23)16-18-6-3-10-26-13-18/h3-4,6-7,10-15H,5,8-9,16-17H2,1-2H3,(H,30,33). The van der Waals surface area contributed by atoms with E-state index >= 15 is 0 Å². The molecule has 8 heteroatoms. The summed E-state index contributed by atoms with van der Waals surface area (Å²) in [6.07, 6.45) is 11.9. The Hall–Kier alpha value is -3.65.